The standard InChI is InChI=1S/C15H20O3/c1-9-6-10(2)14(11(3)7-9)15(18,8-13(16)17)12-4-5-12/h6-7,12,18H,4-5,8H2,1-3H3,(H,16,17). The van der Waals surface area contributed by atoms with Crippen LogP contribution in [0.4, 0.5) is 0 Å². The summed E-state index contributed by atoms with van der Waals surface area (Å²) in [6.45, 7) is 5.91. The van der Waals surface area contributed by atoms with E-state index in [-0.39, 0.29) is 12.3 Å². The third-order valence-electron chi connectivity index (χ3n) is 3.78. The SMILES string of the molecule is Cc1cc(C)c(C(O)(CC(=O)O)C2CC2)c(C)c1. The van der Waals surface area contributed by atoms with Crippen molar-refractivity contribution in [2.75, 3.05) is 0 Å². The minimum atomic E-state index is -1.20. The van der Waals surface area contributed by atoms with Crippen LogP contribution in [-0.2, 0) is 10.4 Å². The molecule has 2 N–H and O–H groups in total. The summed E-state index contributed by atoms with van der Waals surface area (Å²) in [6, 6.07) is 4.02. The van der Waals surface area contributed by atoms with Crippen LogP contribution in [0.25, 0.3) is 0 Å². The highest BCUT2D eigenvalue weighted by Gasteiger charge is 2.47. The van der Waals surface area contributed by atoms with Crippen LogP contribution >= 0.6 is 0 Å². The fourth-order valence-corrected chi connectivity index (χ4v) is 3.09. The summed E-state index contributed by atoms with van der Waals surface area (Å²) >= 11 is 0. The Balaban J connectivity index is 2.52. The molecule has 0 spiro atoms. The van der Waals surface area contributed by atoms with Gasteiger partial charge >= 0.3 is 5.97 Å². The van der Waals surface area contributed by atoms with E-state index in [1.54, 1.807) is 0 Å². The van der Waals surface area contributed by atoms with Gasteiger partial charge in [-0.05, 0) is 56.2 Å². The number of carboxylic acids is 1. The number of hydrogen-bond donors (Lipinski definition) is 2. The molecule has 0 amide bonds. The van der Waals surface area contributed by atoms with Crippen LogP contribution < -0.4 is 0 Å². The second kappa shape index (κ2) is 4.39. The van der Waals surface area contributed by atoms with E-state index in [0.29, 0.717) is 0 Å². The fraction of sp³-hybridized carbons (Fsp3) is 0.533. The zero-order chi connectivity index (χ0) is 13.5. The fourth-order valence-electron chi connectivity index (χ4n) is 3.09. The summed E-state index contributed by atoms with van der Waals surface area (Å²) in [5.41, 5.74) is 2.74. The van der Waals surface area contributed by atoms with Gasteiger partial charge in [0.05, 0.1) is 6.42 Å². The summed E-state index contributed by atoms with van der Waals surface area (Å²) in [6.07, 6.45) is 1.62. The minimum absolute atomic E-state index is 0.0914. The Morgan fingerprint density at radius 2 is 1.78 bits per heavy atom. The maximum Gasteiger partial charge on any atom is 0.306 e. The van der Waals surface area contributed by atoms with Crippen LogP contribution in [0.5, 0.6) is 0 Å². The lowest BCUT2D eigenvalue weighted by Crippen LogP contribution is -2.33. The molecule has 1 fully saturated rings. The number of aliphatic carboxylic acids is 1. The molecule has 0 radical (unpaired) electrons. The van der Waals surface area contributed by atoms with E-state index in [9.17, 15) is 9.90 Å². The molecule has 1 aliphatic rings. The van der Waals surface area contributed by atoms with Crippen LogP contribution in [0.15, 0.2) is 12.1 Å². The predicted molar refractivity (Wildman–Crippen MR) is 69.5 cm³/mol. The maximum absolute atomic E-state index is 11.1. The van der Waals surface area contributed by atoms with Gasteiger partial charge in [0.2, 0.25) is 0 Å². The normalized spacial score (nSPS) is 18.4. The molecule has 3 heteroatoms. The molecule has 0 bridgehead atoms. The van der Waals surface area contributed by atoms with Crippen molar-refractivity contribution in [3.8, 4) is 0 Å². The Bertz CT molecular complexity index is 466. The van der Waals surface area contributed by atoms with Crippen LogP contribution in [0.3, 0.4) is 0 Å². The van der Waals surface area contributed by atoms with Gasteiger partial charge < -0.3 is 10.2 Å². The van der Waals surface area contributed by atoms with Crippen LogP contribution in [0.2, 0.25) is 0 Å². The summed E-state index contributed by atoms with van der Waals surface area (Å²) in [5.74, 6) is -0.850. The molecule has 0 aliphatic heterocycles. The lowest BCUT2D eigenvalue weighted by atomic mass is 9.80. The molecule has 18 heavy (non-hydrogen) atoms. The van der Waals surface area contributed by atoms with Gasteiger partial charge in [-0.15, -0.1) is 0 Å². The van der Waals surface area contributed by atoms with Crippen LogP contribution in [-0.4, -0.2) is 16.2 Å². The van der Waals surface area contributed by atoms with Gasteiger partial charge in [-0.3, -0.25) is 4.79 Å². The summed E-state index contributed by atoms with van der Waals surface area (Å²) < 4.78 is 0. The van der Waals surface area contributed by atoms with Crippen molar-refractivity contribution in [3.05, 3.63) is 34.4 Å². The average Bonchev–Trinajstić information content (AvgIpc) is 2.96. The van der Waals surface area contributed by atoms with Crippen LogP contribution in [0.1, 0.15) is 41.5 Å². The molecule has 1 aliphatic carbocycles. The molecule has 1 aromatic rings. The van der Waals surface area contributed by atoms with Gasteiger partial charge in [-0.1, -0.05) is 17.7 Å². The van der Waals surface area contributed by atoms with Crippen molar-refractivity contribution >= 4 is 5.97 Å². The van der Waals surface area contributed by atoms with E-state index < -0.39 is 11.6 Å². The van der Waals surface area contributed by atoms with E-state index in [0.717, 1.165) is 35.1 Å². The van der Waals surface area contributed by atoms with E-state index in [1.165, 1.54) is 0 Å². The third-order valence-corrected chi connectivity index (χ3v) is 3.78. The van der Waals surface area contributed by atoms with Crippen molar-refractivity contribution in [2.24, 2.45) is 5.92 Å². The Hall–Kier alpha value is -1.35. The topological polar surface area (TPSA) is 57.5 Å². The summed E-state index contributed by atoms with van der Waals surface area (Å²) in [4.78, 5) is 11.1. The second-order valence-electron chi connectivity index (χ2n) is 5.54. The Labute approximate surface area is 107 Å². The first-order chi connectivity index (χ1) is 8.34. The van der Waals surface area contributed by atoms with Gasteiger partial charge in [0.15, 0.2) is 0 Å². The molecule has 2 rings (SSSR count). The summed E-state index contributed by atoms with van der Waals surface area (Å²) in [7, 11) is 0. The first-order valence-electron chi connectivity index (χ1n) is 6.37. The highest BCUT2D eigenvalue weighted by molar-refractivity contribution is 5.69. The first-order valence-corrected chi connectivity index (χ1v) is 6.37. The van der Waals surface area contributed by atoms with E-state index in [4.69, 9.17) is 5.11 Å². The minimum Gasteiger partial charge on any atom is -0.481 e. The maximum atomic E-state index is 11.1. The largest absolute Gasteiger partial charge is 0.481 e. The first kappa shape index (κ1) is 13.1. The lowest BCUT2D eigenvalue weighted by molar-refractivity contribution is -0.144. The van der Waals surface area contributed by atoms with Crippen molar-refractivity contribution in [2.45, 2.75) is 45.6 Å². The molecule has 1 atom stereocenters. The van der Waals surface area contributed by atoms with Crippen molar-refractivity contribution in [3.63, 3.8) is 0 Å². The van der Waals surface area contributed by atoms with Crippen molar-refractivity contribution in [1.29, 1.82) is 0 Å². The number of aliphatic hydroxyl groups is 1. The average molecular weight is 248 g/mol. The zero-order valence-electron chi connectivity index (χ0n) is 11.2. The number of benzene rings is 1. The lowest BCUT2D eigenvalue weighted by Gasteiger charge is -2.30. The molecule has 1 unspecified atom stereocenters. The number of aryl methyl sites for hydroxylation is 3. The number of hydrogen-bond acceptors (Lipinski definition) is 2. The molecule has 1 saturated carbocycles. The number of carbonyl (C=O) groups is 1. The Morgan fingerprint density at radius 1 is 1.28 bits per heavy atom. The van der Waals surface area contributed by atoms with Crippen molar-refractivity contribution in [1.82, 2.24) is 0 Å². The monoisotopic (exact) mass is 248 g/mol. The van der Waals surface area contributed by atoms with Gasteiger partial charge in [0.25, 0.3) is 0 Å². The molecule has 0 heterocycles. The van der Waals surface area contributed by atoms with Gasteiger partial charge in [0.1, 0.15) is 5.60 Å². The number of rotatable bonds is 4. The molecule has 98 valence electrons. The molecule has 3 nitrogen and oxygen atoms in total. The molecule has 1 aromatic carbocycles. The van der Waals surface area contributed by atoms with E-state index in [2.05, 4.69) is 0 Å². The van der Waals surface area contributed by atoms with Crippen LogP contribution in [0, 0.1) is 26.7 Å². The number of carboxylic acid groups (broad SMARTS) is 1. The van der Waals surface area contributed by atoms with Gasteiger partial charge in [-0.2, -0.15) is 0 Å². The van der Waals surface area contributed by atoms with Gasteiger partial charge in [0, 0.05) is 0 Å². The van der Waals surface area contributed by atoms with E-state index >= 15 is 0 Å². The van der Waals surface area contributed by atoms with E-state index in [1.807, 2.05) is 32.9 Å². The highest BCUT2D eigenvalue weighted by atomic mass is 16.4. The van der Waals surface area contributed by atoms with Crippen molar-refractivity contribution < 1.29 is 15.0 Å². The zero-order valence-corrected chi connectivity index (χ0v) is 11.2. The highest BCUT2D eigenvalue weighted by Crippen LogP contribution is 2.49. The Kier molecular flexibility index (Phi) is 3.20. The molecule has 0 aromatic heterocycles. The predicted octanol–water partition coefficient (Wildman–Crippen LogP) is 2.68. The third kappa shape index (κ3) is 2.27. The molecular formula is C15H20O3. The Morgan fingerprint density at radius 3 is 2.17 bits per heavy atom. The van der Waals surface area contributed by atoms with Gasteiger partial charge in [-0.25, -0.2) is 0 Å². The smallest absolute Gasteiger partial charge is 0.306 e. The second-order valence-corrected chi connectivity index (χ2v) is 5.54. The quantitative estimate of drug-likeness (QED) is 0.861. The molecular weight excluding hydrogens is 228 g/mol. The summed E-state index contributed by atoms with van der Waals surface area (Å²) in [5, 5.41) is 19.9. The molecule has 0 saturated heterocycles.